The number of pyridine rings is 1. The van der Waals surface area contributed by atoms with Crippen molar-refractivity contribution in [1.82, 2.24) is 4.98 Å². The maximum absolute atomic E-state index is 4.56. The quantitative estimate of drug-likeness (QED) is 0.350. The second-order valence-corrected chi connectivity index (χ2v) is 5.94. The Balaban J connectivity index is 0.00000144. The Morgan fingerprint density at radius 1 is 0.909 bits per heavy atom. The zero-order chi connectivity index (χ0) is 14.1. The van der Waals surface area contributed by atoms with Crippen LogP contribution in [0.3, 0.4) is 0 Å². The van der Waals surface area contributed by atoms with Crippen molar-refractivity contribution in [3.8, 4) is 21.7 Å². The van der Waals surface area contributed by atoms with Gasteiger partial charge in [-0.15, -0.1) is 47.2 Å². The molecule has 0 aliphatic rings. The van der Waals surface area contributed by atoms with Crippen LogP contribution in [0.1, 0.15) is 0 Å². The molecule has 1 radical (unpaired) electrons. The Labute approximate surface area is 147 Å². The Kier molecular flexibility index (Phi) is 4.49. The van der Waals surface area contributed by atoms with Crippen LogP contribution < -0.4 is 0 Å². The van der Waals surface area contributed by atoms with E-state index in [-0.39, 0.29) is 20.1 Å². The number of hydrogen-bond donors (Lipinski definition) is 0. The first-order valence-electron chi connectivity index (χ1n) is 6.82. The Morgan fingerprint density at radius 2 is 1.73 bits per heavy atom. The molecule has 2 aromatic heterocycles. The molecule has 0 spiro atoms. The van der Waals surface area contributed by atoms with E-state index >= 15 is 0 Å². The minimum atomic E-state index is 0. The van der Waals surface area contributed by atoms with Crippen LogP contribution in [0.5, 0.6) is 0 Å². The van der Waals surface area contributed by atoms with Crippen LogP contribution in [-0.4, -0.2) is 4.98 Å². The van der Waals surface area contributed by atoms with E-state index in [1.807, 2.05) is 36.5 Å². The molecule has 0 N–H and O–H groups in total. The second-order valence-electron chi connectivity index (χ2n) is 4.86. The van der Waals surface area contributed by atoms with Crippen LogP contribution in [0.2, 0.25) is 0 Å². The van der Waals surface area contributed by atoms with Crippen molar-refractivity contribution in [2.75, 3.05) is 0 Å². The molecule has 0 aliphatic heterocycles. The van der Waals surface area contributed by atoms with Crippen LogP contribution >= 0.6 is 11.3 Å². The van der Waals surface area contributed by atoms with Gasteiger partial charge in [0.15, 0.2) is 0 Å². The standard InChI is InChI=1S/C19H12NS.Ir/c1-3-7-14(8-4-1)17-11-16-12-18(21-19(16)13-20-17)15-9-5-2-6-10-15;/h1-7,9-13H;/q-1;. The predicted octanol–water partition coefficient (Wildman–Crippen LogP) is 5.43. The van der Waals surface area contributed by atoms with E-state index in [2.05, 4.69) is 47.4 Å². The first kappa shape index (κ1) is 15.1. The van der Waals surface area contributed by atoms with Crippen molar-refractivity contribution < 1.29 is 20.1 Å². The van der Waals surface area contributed by atoms with E-state index < -0.39 is 0 Å². The summed E-state index contributed by atoms with van der Waals surface area (Å²) in [5.74, 6) is 0. The summed E-state index contributed by atoms with van der Waals surface area (Å²) in [5, 5.41) is 1.24. The molecule has 0 atom stereocenters. The number of aromatic nitrogens is 1. The normalized spacial score (nSPS) is 10.4. The Hall–Kier alpha value is -1.80. The van der Waals surface area contributed by atoms with Crippen LogP contribution in [0.25, 0.3) is 31.8 Å². The molecule has 0 fully saturated rings. The summed E-state index contributed by atoms with van der Waals surface area (Å²) in [5.41, 5.74) is 3.26. The minimum Gasteiger partial charge on any atom is -0.303 e. The summed E-state index contributed by atoms with van der Waals surface area (Å²) in [4.78, 5) is 5.84. The van der Waals surface area contributed by atoms with Crippen LogP contribution in [0, 0.1) is 6.07 Å². The van der Waals surface area contributed by atoms with E-state index in [4.69, 9.17) is 0 Å². The summed E-state index contributed by atoms with van der Waals surface area (Å²) in [6.07, 6.45) is 1.96. The Morgan fingerprint density at radius 3 is 2.50 bits per heavy atom. The van der Waals surface area contributed by atoms with Crippen LogP contribution in [-0.2, 0) is 20.1 Å². The molecule has 0 amide bonds. The third-order valence-corrected chi connectivity index (χ3v) is 4.58. The SMILES string of the molecule is [Ir].[c-]1ccccc1-c1cc2cc(-c3ccccc3)sc2cn1. The van der Waals surface area contributed by atoms with Crippen LogP contribution in [0.4, 0.5) is 0 Å². The molecule has 109 valence electrons. The molecule has 2 aromatic carbocycles. The average molecular weight is 479 g/mol. The fourth-order valence-corrected chi connectivity index (χ4v) is 3.41. The molecular formula is C19H12IrNS-. The first-order valence-corrected chi connectivity index (χ1v) is 7.64. The molecule has 0 bridgehead atoms. The van der Waals surface area contributed by atoms with Gasteiger partial charge in [-0.2, -0.15) is 0 Å². The largest absolute Gasteiger partial charge is 0.303 e. The van der Waals surface area contributed by atoms with Gasteiger partial charge in [0.2, 0.25) is 0 Å². The van der Waals surface area contributed by atoms with Crippen molar-refractivity contribution in [1.29, 1.82) is 0 Å². The number of fused-ring (bicyclic) bond motifs is 1. The van der Waals surface area contributed by atoms with Gasteiger partial charge in [0.05, 0.1) is 4.70 Å². The van der Waals surface area contributed by atoms with Gasteiger partial charge in [0.1, 0.15) is 0 Å². The minimum absolute atomic E-state index is 0. The van der Waals surface area contributed by atoms with Gasteiger partial charge in [0, 0.05) is 31.2 Å². The zero-order valence-corrected chi connectivity index (χ0v) is 14.8. The van der Waals surface area contributed by atoms with E-state index in [9.17, 15) is 0 Å². The number of thiophene rings is 1. The fourth-order valence-electron chi connectivity index (χ4n) is 2.39. The molecule has 0 saturated heterocycles. The number of rotatable bonds is 2. The van der Waals surface area contributed by atoms with Gasteiger partial charge < -0.3 is 4.98 Å². The average Bonchev–Trinajstić information content (AvgIpc) is 2.99. The van der Waals surface area contributed by atoms with Gasteiger partial charge in [-0.05, 0) is 22.7 Å². The molecule has 0 saturated carbocycles. The second kappa shape index (κ2) is 6.53. The third kappa shape index (κ3) is 2.88. The number of nitrogens with zero attached hydrogens (tertiary/aromatic N) is 1. The van der Waals surface area contributed by atoms with Gasteiger partial charge in [-0.3, -0.25) is 0 Å². The molecular weight excluding hydrogens is 467 g/mol. The maximum Gasteiger partial charge on any atom is 0.0515 e. The summed E-state index contributed by atoms with van der Waals surface area (Å²) < 4.78 is 1.22. The van der Waals surface area contributed by atoms with Gasteiger partial charge in [-0.1, -0.05) is 36.4 Å². The zero-order valence-electron chi connectivity index (χ0n) is 11.6. The topological polar surface area (TPSA) is 12.9 Å². The predicted molar refractivity (Wildman–Crippen MR) is 89.3 cm³/mol. The number of hydrogen-bond acceptors (Lipinski definition) is 2. The molecule has 4 rings (SSSR count). The summed E-state index contributed by atoms with van der Waals surface area (Å²) in [7, 11) is 0. The molecule has 1 nitrogen and oxygen atoms in total. The number of benzene rings is 2. The van der Waals surface area contributed by atoms with Crippen molar-refractivity contribution in [2.24, 2.45) is 0 Å². The third-order valence-electron chi connectivity index (χ3n) is 3.45. The molecule has 3 heteroatoms. The van der Waals surface area contributed by atoms with Crippen molar-refractivity contribution >= 4 is 21.4 Å². The fraction of sp³-hybridized carbons (Fsp3) is 0. The summed E-state index contributed by atoms with van der Waals surface area (Å²) in [6.45, 7) is 0. The smallest absolute Gasteiger partial charge is 0.0515 e. The first-order chi connectivity index (χ1) is 10.4. The maximum atomic E-state index is 4.56. The van der Waals surface area contributed by atoms with Crippen molar-refractivity contribution in [3.05, 3.63) is 79.0 Å². The van der Waals surface area contributed by atoms with E-state index in [0.29, 0.717) is 0 Å². The van der Waals surface area contributed by atoms with Gasteiger partial charge in [-0.25, -0.2) is 0 Å². The van der Waals surface area contributed by atoms with E-state index in [1.54, 1.807) is 11.3 Å². The van der Waals surface area contributed by atoms with Gasteiger partial charge >= 0.3 is 0 Å². The molecule has 4 aromatic rings. The Bertz CT molecular complexity index is 848. The molecule has 0 aliphatic carbocycles. The summed E-state index contributed by atoms with van der Waals surface area (Å²) >= 11 is 1.78. The molecule has 0 unspecified atom stereocenters. The van der Waals surface area contributed by atoms with Crippen molar-refractivity contribution in [3.63, 3.8) is 0 Å². The van der Waals surface area contributed by atoms with E-state index in [1.165, 1.54) is 20.5 Å². The van der Waals surface area contributed by atoms with Crippen LogP contribution in [0.15, 0.2) is 72.9 Å². The summed E-state index contributed by atoms with van der Waals surface area (Å²) in [6, 6.07) is 26.0. The van der Waals surface area contributed by atoms with Gasteiger partial charge in [0.25, 0.3) is 0 Å². The van der Waals surface area contributed by atoms with E-state index in [0.717, 1.165) is 11.3 Å². The molecule has 22 heavy (non-hydrogen) atoms. The van der Waals surface area contributed by atoms with Crippen molar-refractivity contribution in [2.45, 2.75) is 0 Å². The molecule has 2 heterocycles. The monoisotopic (exact) mass is 479 g/mol.